The first-order valence-electron chi connectivity index (χ1n) is 6.21. The summed E-state index contributed by atoms with van der Waals surface area (Å²) in [5, 5.41) is 0. The lowest BCUT2D eigenvalue weighted by atomic mass is 10.0. The minimum Gasteiger partial charge on any atom is -0.455 e. The molecule has 2 N–H and O–H groups in total. The Morgan fingerprint density at radius 3 is 2.28 bits per heavy atom. The third kappa shape index (κ3) is 2.65. The fraction of sp³-hybridized carbons (Fsp3) is 0.250. The average molecular weight is 241 g/mol. The van der Waals surface area contributed by atoms with Crippen LogP contribution in [-0.4, -0.2) is 0 Å². The molecule has 0 radical (unpaired) electrons. The van der Waals surface area contributed by atoms with Crippen LogP contribution in [0.3, 0.4) is 0 Å². The molecule has 0 saturated heterocycles. The van der Waals surface area contributed by atoms with E-state index in [4.69, 9.17) is 10.5 Å². The summed E-state index contributed by atoms with van der Waals surface area (Å²) in [6.07, 6.45) is 0. The van der Waals surface area contributed by atoms with Crippen molar-refractivity contribution in [1.82, 2.24) is 0 Å². The maximum Gasteiger partial charge on any atom is 0.150 e. The molecule has 0 atom stereocenters. The van der Waals surface area contributed by atoms with Gasteiger partial charge in [-0.05, 0) is 42.2 Å². The maximum atomic E-state index is 5.98. The summed E-state index contributed by atoms with van der Waals surface area (Å²) in [5.41, 5.74) is 9.02. The molecular formula is C16H19NO. The van der Waals surface area contributed by atoms with Gasteiger partial charge in [0.1, 0.15) is 5.75 Å². The van der Waals surface area contributed by atoms with Gasteiger partial charge in [-0.15, -0.1) is 0 Å². The van der Waals surface area contributed by atoms with Crippen LogP contribution in [-0.2, 0) is 0 Å². The Hall–Kier alpha value is -1.96. The molecule has 0 fully saturated rings. The van der Waals surface area contributed by atoms with Crippen molar-refractivity contribution < 1.29 is 4.74 Å². The van der Waals surface area contributed by atoms with Crippen LogP contribution in [0.4, 0.5) is 5.69 Å². The highest BCUT2D eigenvalue weighted by molar-refractivity contribution is 5.59. The van der Waals surface area contributed by atoms with Gasteiger partial charge in [0.25, 0.3) is 0 Å². The summed E-state index contributed by atoms with van der Waals surface area (Å²) < 4.78 is 5.80. The average Bonchev–Trinajstić information content (AvgIpc) is 2.36. The highest BCUT2D eigenvalue weighted by Crippen LogP contribution is 2.30. The smallest absolute Gasteiger partial charge is 0.150 e. The van der Waals surface area contributed by atoms with Crippen LogP contribution in [0, 0.1) is 6.92 Å². The zero-order valence-electron chi connectivity index (χ0n) is 11.1. The van der Waals surface area contributed by atoms with E-state index in [0.717, 1.165) is 11.3 Å². The van der Waals surface area contributed by atoms with Crippen molar-refractivity contribution >= 4 is 5.69 Å². The molecule has 2 nitrogen and oxygen atoms in total. The van der Waals surface area contributed by atoms with Gasteiger partial charge in [0.05, 0.1) is 5.69 Å². The Bertz CT molecular complexity index is 529. The first-order valence-corrected chi connectivity index (χ1v) is 6.21. The summed E-state index contributed by atoms with van der Waals surface area (Å²) in [4.78, 5) is 0. The van der Waals surface area contributed by atoms with Gasteiger partial charge in [-0.1, -0.05) is 38.1 Å². The maximum absolute atomic E-state index is 5.98. The second kappa shape index (κ2) is 5.13. The topological polar surface area (TPSA) is 35.2 Å². The normalized spacial score (nSPS) is 10.7. The van der Waals surface area contributed by atoms with E-state index in [1.807, 2.05) is 37.3 Å². The van der Waals surface area contributed by atoms with Crippen molar-refractivity contribution in [3.05, 3.63) is 53.6 Å². The number of benzene rings is 2. The molecule has 0 aliphatic rings. The van der Waals surface area contributed by atoms with E-state index in [2.05, 4.69) is 26.0 Å². The molecule has 0 saturated carbocycles. The van der Waals surface area contributed by atoms with E-state index in [1.165, 1.54) is 5.56 Å². The SMILES string of the molecule is Cc1cccc(Oc2ccc(C(C)C)cc2)c1N. The van der Waals surface area contributed by atoms with Crippen molar-refractivity contribution in [2.24, 2.45) is 0 Å². The molecule has 2 rings (SSSR count). The van der Waals surface area contributed by atoms with E-state index in [1.54, 1.807) is 0 Å². The number of ether oxygens (including phenoxy) is 1. The van der Waals surface area contributed by atoms with Gasteiger partial charge in [0, 0.05) is 0 Å². The predicted octanol–water partition coefficient (Wildman–Crippen LogP) is 4.49. The number of anilines is 1. The minimum atomic E-state index is 0.531. The second-order valence-electron chi connectivity index (χ2n) is 4.81. The van der Waals surface area contributed by atoms with E-state index < -0.39 is 0 Å². The Kier molecular flexibility index (Phi) is 3.56. The molecule has 0 spiro atoms. The fourth-order valence-electron chi connectivity index (χ4n) is 1.79. The van der Waals surface area contributed by atoms with E-state index in [0.29, 0.717) is 17.4 Å². The van der Waals surface area contributed by atoms with Crippen LogP contribution in [0.2, 0.25) is 0 Å². The largest absolute Gasteiger partial charge is 0.455 e. The number of hydrogen-bond acceptors (Lipinski definition) is 2. The number of nitrogens with two attached hydrogens (primary N) is 1. The van der Waals surface area contributed by atoms with Crippen LogP contribution < -0.4 is 10.5 Å². The van der Waals surface area contributed by atoms with E-state index >= 15 is 0 Å². The van der Waals surface area contributed by atoms with Crippen molar-refractivity contribution in [3.8, 4) is 11.5 Å². The number of rotatable bonds is 3. The quantitative estimate of drug-likeness (QED) is 0.803. The summed E-state index contributed by atoms with van der Waals surface area (Å²) >= 11 is 0. The minimum absolute atomic E-state index is 0.531. The van der Waals surface area contributed by atoms with Gasteiger partial charge in [-0.2, -0.15) is 0 Å². The van der Waals surface area contributed by atoms with E-state index in [9.17, 15) is 0 Å². The van der Waals surface area contributed by atoms with Gasteiger partial charge in [-0.3, -0.25) is 0 Å². The number of para-hydroxylation sites is 1. The van der Waals surface area contributed by atoms with Gasteiger partial charge in [0.2, 0.25) is 0 Å². The molecule has 0 aromatic heterocycles. The molecule has 0 aliphatic carbocycles. The van der Waals surface area contributed by atoms with Crippen LogP contribution in [0.25, 0.3) is 0 Å². The van der Waals surface area contributed by atoms with Crippen LogP contribution >= 0.6 is 0 Å². The highest BCUT2D eigenvalue weighted by Gasteiger charge is 2.05. The van der Waals surface area contributed by atoms with Gasteiger partial charge >= 0.3 is 0 Å². The first kappa shape index (κ1) is 12.5. The molecule has 2 aromatic carbocycles. The summed E-state index contributed by atoms with van der Waals surface area (Å²) in [6.45, 7) is 6.33. The molecule has 0 unspecified atom stereocenters. The van der Waals surface area contributed by atoms with Crippen molar-refractivity contribution in [2.45, 2.75) is 26.7 Å². The standard InChI is InChI=1S/C16H19NO/c1-11(2)13-7-9-14(10-8-13)18-15-6-4-5-12(3)16(15)17/h4-11H,17H2,1-3H3. The predicted molar refractivity (Wildman–Crippen MR) is 76.2 cm³/mol. The Morgan fingerprint density at radius 2 is 1.67 bits per heavy atom. The van der Waals surface area contributed by atoms with Crippen LogP contribution in [0.15, 0.2) is 42.5 Å². The molecule has 0 bridgehead atoms. The zero-order valence-corrected chi connectivity index (χ0v) is 11.1. The summed E-state index contributed by atoms with van der Waals surface area (Å²) in [7, 11) is 0. The van der Waals surface area contributed by atoms with E-state index in [-0.39, 0.29) is 0 Å². The molecule has 0 amide bonds. The summed E-state index contributed by atoms with van der Waals surface area (Å²) in [5.74, 6) is 2.06. The third-order valence-electron chi connectivity index (χ3n) is 3.06. The highest BCUT2D eigenvalue weighted by atomic mass is 16.5. The Balaban J connectivity index is 2.21. The molecule has 0 heterocycles. The third-order valence-corrected chi connectivity index (χ3v) is 3.06. The number of nitrogen functional groups attached to an aromatic ring is 1. The molecule has 0 aliphatic heterocycles. The van der Waals surface area contributed by atoms with Crippen molar-refractivity contribution in [3.63, 3.8) is 0 Å². The van der Waals surface area contributed by atoms with Crippen LogP contribution in [0.5, 0.6) is 11.5 Å². The van der Waals surface area contributed by atoms with Crippen molar-refractivity contribution in [1.29, 1.82) is 0 Å². The van der Waals surface area contributed by atoms with Crippen molar-refractivity contribution in [2.75, 3.05) is 5.73 Å². The zero-order chi connectivity index (χ0) is 13.1. The number of hydrogen-bond donors (Lipinski definition) is 1. The summed E-state index contributed by atoms with van der Waals surface area (Å²) in [6, 6.07) is 14.0. The number of aryl methyl sites for hydroxylation is 1. The van der Waals surface area contributed by atoms with Gasteiger partial charge in [-0.25, -0.2) is 0 Å². The lowest BCUT2D eigenvalue weighted by molar-refractivity contribution is 0.484. The Labute approximate surface area is 108 Å². The monoisotopic (exact) mass is 241 g/mol. The molecular weight excluding hydrogens is 222 g/mol. The fourth-order valence-corrected chi connectivity index (χ4v) is 1.79. The molecule has 2 heteroatoms. The van der Waals surface area contributed by atoms with Gasteiger partial charge < -0.3 is 10.5 Å². The molecule has 2 aromatic rings. The van der Waals surface area contributed by atoms with Crippen LogP contribution in [0.1, 0.15) is 30.9 Å². The molecule has 94 valence electrons. The molecule has 18 heavy (non-hydrogen) atoms. The lowest BCUT2D eigenvalue weighted by Gasteiger charge is -2.11. The second-order valence-corrected chi connectivity index (χ2v) is 4.81. The Morgan fingerprint density at radius 1 is 1.00 bits per heavy atom. The van der Waals surface area contributed by atoms with Gasteiger partial charge in [0.15, 0.2) is 5.75 Å². The lowest BCUT2D eigenvalue weighted by Crippen LogP contribution is -1.95. The first-order chi connectivity index (χ1) is 8.58.